The SMILES string of the molecule is CCN(CC)S(=O)(=O)c1ccc(CNc2nc3ccccn3c2[N+](=O)[O-])cc1. The van der Waals surface area contributed by atoms with Gasteiger partial charge < -0.3 is 15.4 Å². The lowest BCUT2D eigenvalue weighted by atomic mass is 10.2. The van der Waals surface area contributed by atoms with E-state index in [0.29, 0.717) is 18.7 Å². The number of hydrogen-bond acceptors (Lipinski definition) is 6. The van der Waals surface area contributed by atoms with Crippen molar-refractivity contribution in [3.05, 3.63) is 64.3 Å². The summed E-state index contributed by atoms with van der Waals surface area (Å²) in [6.45, 7) is 4.66. The molecule has 2 aromatic heterocycles. The summed E-state index contributed by atoms with van der Waals surface area (Å²) >= 11 is 0. The van der Waals surface area contributed by atoms with Crippen LogP contribution in [0.4, 0.5) is 11.6 Å². The minimum atomic E-state index is -3.51. The molecule has 10 heteroatoms. The van der Waals surface area contributed by atoms with Gasteiger partial charge in [-0.3, -0.25) is 0 Å². The molecule has 0 aliphatic rings. The van der Waals surface area contributed by atoms with Gasteiger partial charge in [0.1, 0.15) is 0 Å². The fourth-order valence-corrected chi connectivity index (χ4v) is 4.41. The summed E-state index contributed by atoms with van der Waals surface area (Å²) in [7, 11) is -3.51. The number of nitrogens with one attached hydrogen (secondary N) is 1. The highest BCUT2D eigenvalue weighted by Gasteiger charge is 2.23. The van der Waals surface area contributed by atoms with E-state index in [4.69, 9.17) is 0 Å². The summed E-state index contributed by atoms with van der Waals surface area (Å²) in [6, 6.07) is 11.6. The van der Waals surface area contributed by atoms with E-state index in [-0.39, 0.29) is 23.1 Å². The number of imidazole rings is 1. The molecule has 0 fully saturated rings. The number of sulfonamides is 1. The van der Waals surface area contributed by atoms with E-state index in [9.17, 15) is 18.5 Å². The molecule has 0 aliphatic carbocycles. The van der Waals surface area contributed by atoms with E-state index in [0.717, 1.165) is 5.56 Å². The minimum absolute atomic E-state index is 0.142. The number of fused-ring (bicyclic) bond motifs is 1. The molecule has 0 bridgehead atoms. The van der Waals surface area contributed by atoms with Crippen LogP contribution in [0, 0.1) is 10.1 Å². The van der Waals surface area contributed by atoms with Gasteiger partial charge in [-0.25, -0.2) is 8.42 Å². The van der Waals surface area contributed by atoms with Gasteiger partial charge >= 0.3 is 5.82 Å². The van der Waals surface area contributed by atoms with Crippen LogP contribution in [0.2, 0.25) is 0 Å². The highest BCUT2D eigenvalue weighted by atomic mass is 32.2. The smallest absolute Gasteiger partial charge is 0.359 e. The number of aromatic nitrogens is 2. The Kier molecular flexibility index (Phi) is 5.61. The Morgan fingerprint density at radius 2 is 1.82 bits per heavy atom. The predicted molar refractivity (Wildman–Crippen MR) is 106 cm³/mol. The van der Waals surface area contributed by atoms with E-state index >= 15 is 0 Å². The zero-order chi connectivity index (χ0) is 20.3. The molecule has 3 aromatic rings. The Morgan fingerprint density at radius 3 is 2.43 bits per heavy atom. The molecule has 0 spiro atoms. The van der Waals surface area contributed by atoms with Gasteiger partial charge in [0.25, 0.3) is 0 Å². The first kappa shape index (κ1) is 19.8. The number of benzene rings is 1. The van der Waals surface area contributed by atoms with Crippen molar-refractivity contribution >= 4 is 27.3 Å². The Hall–Kier alpha value is -2.98. The van der Waals surface area contributed by atoms with Gasteiger partial charge in [-0.05, 0) is 28.7 Å². The third kappa shape index (κ3) is 3.69. The number of nitro groups is 1. The number of anilines is 1. The van der Waals surface area contributed by atoms with E-state index in [1.54, 1.807) is 62.5 Å². The van der Waals surface area contributed by atoms with Crippen molar-refractivity contribution in [1.82, 2.24) is 13.7 Å². The van der Waals surface area contributed by atoms with Crippen LogP contribution in [0.3, 0.4) is 0 Å². The molecule has 28 heavy (non-hydrogen) atoms. The van der Waals surface area contributed by atoms with Gasteiger partial charge in [0.2, 0.25) is 21.5 Å². The first-order valence-corrected chi connectivity index (χ1v) is 10.3. The molecule has 148 valence electrons. The Bertz CT molecular complexity index is 1090. The second-order valence-corrected chi connectivity index (χ2v) is 7.99. The molecule has 1 N–H and O–H groups in total. The average molecular weight is 403 g/mol. The van der Waals surface area contributed by atoms with E-state index < -0.39 is 14.9 Å². The lowest BCUT2D eigenvalue weighted by Gasteiger charge is -2.18. The zero-order valence-corrected chi connectivity index (χ0v) is 16.4. The third-order valence-electron chi connectivity index (χ3n) is 4.40. The quantitative estimate of drug-likeness (QED) is 0.457. The molecule has 9 nitrogen and oxygen atoms in total. The number of nitrogens with zero attached hydrogens (tertiary/aromatic N) is 4. The second kappa shape index (κ2) is 7.95. The van der Waals surface area contributed by atoms with Crippen LogP contribution in [-0.4, -0.2) is 40.1 Å². The molecule has 2 heterocycles. The van der Waals surface area contributed by atoms with Gasteiger partial charge in [0, 0.05) is 25.7 Å². The van der Waals surface area contributed by atoms with Crippen molar-refractivity contribution in [2.45, 2.75) is 25.3 Å². The fourth-order valence-electron chi connectivity index (χ4n) is 2.95. The van der Waals surface area contributed by atoms with Gasteiger partial charge in [-0.1, -0.05) is 32.0 Å². The predicted octanol–water partition coefficient (Wildman–Crippen LogP) is 2.89. The number of pyridine rings is 1. The van der Waals surface area contributed by atoms with Crippen LogP contribution >= 0.6 is 0 Å². The van der Waals surface area contributed by atoms with Gasteiger partial charge in [-0.2, -0.15) is 13.7 Å². The Balaban J connectivity index is 1.80. The summed E-state index contributed by atoms with van der Waals surface area (Å²) < 4.78 is 27.8. The molecule has 0 aliphatic heterocycles. The molecule has 3 rings (SSSR count). The van der Waals surface area contributed by atoms with Crippen LogP contribution in [0.1, 0.15) is 19.4 Å². The van der Waals surface area contributed by atoms with Gasteiger partial charge in [0.15, 0.2) is 0 Å². The molecule has 0 radical (unpaired) electrons. The first-order chi connectivity index (χ1) is 13.4. The molecule has 0 amide bonds. The molecule has 0 unspecified atom stereocenters. The summed E-state index contributed by atoms with van der Waals surface area (Å²) in [6.07, 6.45) is 1.58. The van der Waals surface area contributed by atoms with Crippen molar-refractivity contribution < 1.29 is 13.3 Å². The zero-order valence-electron chi connectivity index (χ0n) is 15.6. The van der Waals surface area contributed by atoms with E-state index in [1.165, 1.54) is 8.71 Å². The maximum Gasteiger partial charge on any atom is 0.372 e. The molecule has 0 atom stereocenters. The van der Waals surface area contributed by atoms with Crippen LogP contribution < -0.4 is 5.32 Å². The highest BCUT2D eigenvalue weighted by molar-refractivity contribution is 7.89. The Morgan fingerprint density at radius 1 is 1.14 bits per heavy atom. The van der Waals surface area contributed by atoms with E-state index in [1.807, 2.05) is 0 Å². The average Bonchev–Trinajstić information content (AvgIpc) is 3.06. The van der Waals surface area contributed by atoms with Crippen molar-refractivity contribution in [1.29, 1.82) is 0 Å². The number of rotatable bonds is 8. The molecule has 1 aromatic carbocycles. The lowest BCUT2D eigenvalue weighted by Crippen LogP contribution is -2.30. The third-order valence-corrected chi connectivity index (χ3v) is 6.47. The van der Waals surface area contributed by atoms with Crippen molar-refractivity contribution in [3.8, 4) is 0 Å². The maximum atomic E-state index is 12.5. The summed E-state index contributed by atoms with van der Waals surface area (Å²) in [5, 5.41) is 14.4. The molecule has 0 saturated heterocycles. The standard InChI is InChI=1S/C18H21N5O4S/c1-3-21(4-2)28(26,27)15-10-8-14(9-11-15)13-19-17-18(23(24)25)22-12-6-5-7-16(22)20-17/h5-12,19H,3-4,13H2,1-2H3. The normalized spacial score (nSPS) is 11.8. The minimum Gasteiger partial charge on any atom is -0.359 e. The first-order valence-electron chi connectivity index (χ1n) is 8.83. The van der Waals surface area contributed by atoms with Gasteiger partial charge in [0.05, 0.1) is 11.1 Å². The van der Waals surface area contributed by atoms with E-state index in [2.05, 4.69) is 10.3 Å². The molecular weight excluding hydrogens is 382 g/mol. The van der Waals surface area contributed by atoms with Crippen molar-refractivity contribution in [3.63, 3.8) is 0 Å². The highest BCUT2D eigenvalue weighted by Crippen LogP contribution is 2.26. The second-order valence-electron chi connectivity index (χ2n) is 6.06. The monoisotopic (exact) mass is 403 g/mol. The van der Waals surface area contributed by atoms with Crippen molar-refractivity contribution in [2.24, 2.45) is 0 Å². The largest absolute Gasteiger partial charge is 0.372 e. The van der Waals surface area contributed by atoms with Gasteiger partial charge in [-0.15, -0.1) is 0 Å². The summed E-state index contributed by atoms with van der Waals surface area (Å²) in [5.74, 6) is 0.0207. The van der Waals surface area contributed by atoms with Crippen LogP contribution in [0.5, 0.6) is 0 Å². The lowest BCUT2D eigenvalue weighted by molar-refractivity contribution is -0.389. The van der Waals surface area contributed by atoms with Crippen molar-refractivity contribution in [2.75, 3.05) is 18.4 Å². The van der Waals surface area contributed by atoms with Crippen LogP contribution in [0.15, 0.2) is 53.6 Å². The molecule has 0 saturated carbocycles. The Labute approximate surface area is 162 Å². The molecular formula is C18H21N5O4S. The maximum absolute atomic E-state index is 12.5. The van der Waals surface area contributed by atoms with Crippen LogP contribution in [-0.2, 0) is 16.6 Å². The fraction of sp³-hybridized carbons (Fsp3) is 0.278. The topological polar surface area (TPSA) is 110 Å². The summed E-state index contributed by atoms with van der Waals surface area (Å²) in [5.41, 5.74) is 1.25. The van der Waals surface area contributed by atoms with Crippen LogP contribution in [0.25, 0.3) is 5.65 Å². The summed E-state index contributed by atoms with van der Waals surface area (Å²) in [4.78, 5) is 15.4. The number of hydrogen-bond donors (Lipinski definition) is 1.